The lowest BCUT2D eigenvalue weighted by atomic mass is 9.95. The van der Waals surface area contributed by atoms with Crippen LogP contribution in [0.4, 0.5) is 0 Å². The zero-order valence-electron chi connectivity index (χ0n) is 17.0. The van der Waals surface area contributed by atoms with Crippen LogP contribution in [0, 0.1) is 5.92 Å². The molecule has 1 saturated carbocycles. The summed E-state index contributed by atoms with van der Waals surface area (Å²) < 4.78 is 5.18. The first kappa shape index (κ1) is 21.5. The Morgan fingerprint density at radius 1 is 1.11 bits per heavy atom. The van der Waals surface area contributed by atoms with E-state index in [1.54, 1.807) is 0 Å². The molecule has 27 heavy (non-hydrogen) atoms. The van der Waals surface area contributed by atoms with Gasteiger partial charge in [-0.05, 0) is 39.5 Å². The predicted molar refractivity (Wildman–Crippen MR) is 107 cm³/mol. The number of rotatable bonds is 7. The molecule has 0 spiro atoms. The average molecular weight is 381 g/mol. The zero-order valence-corrected chi connectivity index (χ0v) is 17.0. The number of guanidine groups is 1. The minimum absolute atomic E-state index is 0.0875. The molecule has 1 heterocycles. The highest BCUT2D eigenvalue weighted by Gasteiger charge is 2.28. The number of esters is 1. The smallest absolute Gasteiger partial charge is 0.310 e. The number of nitrogens with zero attached hydrogens (tertiary/aromatic N) is 2. The number of nitrogens with one attached hydrogen (secondary N) is 2. The summed E-state index contributed by atoms with van der Waals surface area (Å²) in [6.07, 6.45) is 8.11. The van der Waals surface area contributed by atoms with Crippen molar-refractivity contribution in [3.8, 4) is 0 Å². The molecule has 0 aromatic rings. The summed E-state index contributed by atoms with van der Waals surface area (Å²) in [5.74, 6) is 0.656. The molecule has 1 saturated heterocycles. The van der Waals surface area contributed by atoms with Crippen LogP contribution in [-0.2, 0) is 14.3 Å². The molecule has 1 aliphatic carbocycles. The van der Waals surface area contributed by atoms with Crippen molar-refractivity contribution in [2.75, 3.05) is 32.8 Å². The first-order valence-electron chi connectivity index (χ1n) is 10.6. The molecule has 2 aliphatic rings. The van der Waals surface area contributed by atoms with Crippen LogP contribution in [0.15, 0.2) is 4.99 Å². The summed E-state index contributed by atoms with van der Waals surface area (Å²) in [6, 6.07) is 0.343. The van der Waals surface area contributed by atoms with Crippen molar-refractivity contribution in [2.24, 2.45) is 10.9 Å². The highest BCUT2D eigenvalue weighted by atomic mass is 16.5. The maximum atomic E-state index is 12.2. The summed E-state index contributed by atoms with van der Waals surface area (Å²) in [4.78, 5) is 31.0. The third-order valence-electron chi connectivity index (χ3n) is 5.25. The molecular weight excluding hydrogens is 344 g/mol. The van der Waals surface area contributed by atoms with Gasteiger partial charge in [0.05, 0.1) is 19.1 Å². The second kappa shape index (κ2) is 11.8. The highest BCUT2D eigenvalue weighted by Crippen LogP contribution is 2.19. The second-order valence-corrected chi connectivity index (χ2v) is 7.43. The topological polar surface area (TPSA) is 83.0 Å². The van der Waals surface area contributed by atoms with Gasteiger partial charge < -0.3 is 20.3 Å². The molecule has 1 amide bonds. The number of hydrogen-bond acceptors (Lipinski definition) is 4. The number of carbonyl (C=O) groups excluding carboxylic acids is 2. The lowest BCUT2D eigenvalue weighted by Gasteiger charge is -2.34. The monoisotopic (exact) mass is 380 g/mol. The highest BCUT2D eigenvalue weighted by molar-refractivity contribution is 5.82. The molecule has 2 fully saturated rings. The number of piperidine rings is 1. The van der Waals surface area contributed by atoms with Crippen LogP contribution in [0.5, 0.6) is 0 Å². The van der Waals surface area contributed by atoms with Crippen LogP contribution < -0.4 is 10.6 Å². The Kier molecular flexibility index (Phi) is 9.42. The van der Waals surface area contributed by atoms with Gasteiger partial charge in [0.25, 0.3) is 0 Å². The van der Waals surface area contributed by atoms with Gasteiger partial charge in [0.15, 0.2) is 5.96 Å². The molecule has 0 aromatic carbocycles. The zero-order chi connectivity index (χ0) is 19.5. The Bertz CT molecular complexity index is 503. The number of amides is 1. The van der Waals surface area contributed by atoms with Crippen molar-refractivity contribution < 1.29 is 14.3 Å². The van der Waals surface area contributed by atoms with E-state index in [9.17, 15) is 9.59 Å². The van der Waals surface area contributed by atoms with Crippen molar-refractivity contribution >= 4 is 17.8 Å². The number of hydrogen-bond donors (Lipinski definition) is 2. The molecule has 2 N–H and O–H groups in total. The van der Waals surface area contributed by atoms with Crippen LogP contribution in [0.25, 0.3) is 0 Å². The Balaban J connectivity index is 1.83. The third-order valence-corrected chi connectivity index (χ3v) is 5.25. The standard InChI is InChI=1S/C20H36N4O3/c1-3-21-20(24-14-8-9-16(15-24)19(26)27-4-2)22-13-12-18(25)23-17-10-6-5-7-11-17/h16-17H,3-15H2,1-2H3,(H,21,22)(H,23,25). The Morgan fingerprint density at radius 3 is 2.59 bits per heavy atom. The number of likely N-dealkylation sites (tertiary alicyclic amines) is 1. The molecule has 0 aromatic heterocycles. The van der Waals surface area contributed by atoms with Gasteiger partial charge >= 0.3 is 5.97 Å². The van der Waals surface area contributed by atoms with Gasteiger partial charge in [0.1, 0.15) is 0 Å². The minimum Gasteiger partial charge on any atom is -0.466 e. The van der Waals surface area contributed by atoms with Crippen LogP contribution in [-0.4, -0.2) is 61.6 Å². The fraction of sp³-hybridized carbons (Fsp3) is 0.850. The van der Waals surface area contributed by atoms with Gasteiger partial charge in [0, 0.05) is 32.1 Å². The first-order chi connectivity index (χ1) is 13.1. The van der Waals surface area contributed by atoms with Gasteiger partial charge in [-0.2, -0.15) is 0 Å². The number of carbonyl (C=O) groups is 2. The van der Waals surface area contributed by atoms with Crippen molar-refractivity contribution in [1.82, 2.24) is 15.5 Å². The molecular formula is C20H36N4O3. The van der Waals surface area contributed by atoms with E-state index in [0.29, 0.717) is 32.2 Å². The normalized spacial score (nSPS) is 21.6. The summed E-state index contributed by atoms with van der Waals surface area (Å²) in [5.41, 5.74) is 0. The molecule has 0 radical (unpaired) electrons. The van der Waals surface area contributed by atoms with Crippen LogP contribution in [0.3, 0.4) is 0 Å². The Morgan fingerprint density at radius 2 is 1.89 bits per heavy atom. The first-order valence-corrected chi connectivity index (χ1v) is 10.6. The molecule has 2 rings (SSSR count). The molecule has 1 unspecified atom stereocenters. The predicted octanol–water partition coefficient (Wildman–Crippen LogP) is 2.07. The summed E-state index contributed by atoms with van der Waals surface area (Å²) in [7, 11) is 0. The van der Waals surface area contributed by atoms with Crippen molar-refractivity contribution in [2.45, 2.75) is 71.3 Å². The second-order valence-electron chi connectivity index (χ2n) is 7.43. The lowest BCUT2D eigenvalue weighted by molar-refractivity contribution is -0.149. The average Bonchev–Trinajstić information content (AvgIpc) is 2.68. The van der Waals surface area contributed by atoms with Gasteiger partial charge in [-0.3, -0.25) is 14.6 Å². The fourth-order valence-electron chi connectivity index (χ4n) is 3.86. The third kappa shape index (κ3) is 7.39. The van der Waals surface area contributed by atoms with Crippen molar-refractivity contribution in [3.63, 3.8) is 0 Å². The lowest BCUT2D eigenvalue weighted by Crippen LogP contribution is -2.48. The molecule has 154 valence electrons. The van der Waals surface area contributed by atoms with Crippen LogP contribution in [0.2, 0.25) is 0 Å². The van der Waals surface area contributed by atoms with E-state index < -0.39 is 0 Å². The van der Waals surface area contributed by atoms with E-state index in [-0.39, 0.29) is 17.8 Å². The van der Waals surface area contributed by atoms with Crippen LogP contribution >= 0.6 is 0 Å². The molecule has 0 bridgehead atoms. The van der Waals surface area contributed by atoms with E-state index in [1.165, 1.54) is 19.3 Å². The summed E-state index contributed by atoms with van der Waals surface area (Å²) >= 11 is 0. The van der Waals surface area contributed by atoms with Gasteiger partial charge in [-0.1, -0.05) is 19.3 Å². The van der Waals surface area contributed by atoms with E-state index in [0.717, 1.165) is 44.7 Å². The van der Waals surface area contributed by atoms with E-state index in [4.69, 9.17) is 4.74 Å². The molecule has 1 aliphatic heterocycles. The Labute approximate surface area is 163 Å². The van der Waals surface area contributed by atoms with Gasteiger partial charge in [-0.15, -0.1) is 0 Å². The van der Waals surface area contributed by atoms with E-state index >= 15 is 0 Å². The maximum Gasteiger partial charge on any atom is 0.310 e. The largest absolute Gasteiger partial charge is 0.466 e. The maximum absolute atomic E-state index is 12.2. The van der Waals surface area contributed by atoms with Crippen molar-refractivity contribution in [3.05, 3.63) is 0 Å². The SMILES string of the molecule is CCNC(=NCCC(=O)NC1CCCCC1)N1CCCC(C(=O)OCC)C1. The summed E-state index contributed by atoms with van der Waals surface area (Å²) in [6.45, 7) is 6.99. The summed E-state index contributed by atoms with van der Waals surface area (Å²) in [5, 5.41) is 6.43. The van der Waals surface area contributed by atoms with Crippen LogP contribution in [0.1, 0.15) is 65.2 Å². The van der Waals surface area contributed by atoms with E-state index in [1.807, 2.05) is 13.8 Å². The van der Waals surface area contributed by atoms with Crippen molar-refractivity contribution in [1.29, 1.82) is 0 Å². The number of aliphatic imine (C=N–C) groups is 1. The minimum atomic E-state index is -0.120. The van der Waals surface area contributed by atoms with Gasteiger partial charge in [0.2, 0.25) is 5.91 Å². The number of ether oxygens (including phenoxy) is 1. The Hall–Kier alpha value is -1.79. The van der Waals surface area contributed by atoms with Gasteiger partial charge in [-0.25, -0.2) is 0 Å². The quantitative estimate of drug-likeness (QED) is 0.401. The molecule has 7 nitrogen and oxygen atoms in total. The molecule has 7 heteroatoms. The fourth-order valence-corrected chi connectivity index (χ4v) is 3.86. The van der Waals surface area contributed by atoms with E-state index in [2.05, 4.69) is 20.5 Å². The molecule has 1 atom stereocenters.